The zero-order valence-corrected chi connectivity index (χ0v) is 8.50. The smallest absolute Gasteiger partial charge is 0.0169 e. The first kappa shape index (κ1) is 9.22. The molecular formula is C11H20N2. The van der Waals surface area contributed by atoms with Gasteiger partial charge in [0.05, 0.1) is 0 Å². The third-order valence-electron chi connectivity index (χ3n) is 3.44. The van der Waals surface area contributed by atoms with E-state index in [2.05, 4.69) is 29.3 Å². The van der Waals surface area contributed by atoms with Crippen molar-refractivity contribution in [1.82, 2.24) is 10.2 Å². The van der Waals surface area contributed by atoms with Gasteiger partial charge in [-0.2, -0.15) is 0 Å². The summed E-state index contributed by atoms with van der Waals surface area (Å²) in [5.41, 5.74) is 0. The molecule has 1 N–H and O–H groups in total. The van der Waals surface area contributed by atoms with E-state index in [4.69, 9.17) is 0 Å². The Morgan fingerprint density at radius 1 is 1.38 bits per heavy atom. The summed E-state index contributed by atoms with van der Waals surface area (Å²) in [6, 6.07) is 0.753. The molecule has 2 nitrogen and oxygen atoms in total. The van der Waals surface area contributed by atoms with Gasteiger partial charge in [-0.25, -0.2) is 0 Å². The molecule has 2 heterocycles. The van der Waals surface area contributed by atoms with Crippen LogP contribution >= 0.6 is 0 Å². The quantitative estimate of drug-likeness (QED) is 0.643. The van der Waals surface area contributed by atoms with E-state index >= 15 is 0 Å². The number of rotatable bonds is 2. The summed E-state index contributed by atoms with van der Waals surface area (Å²) in [5.74, 6) is 0.869. The minimum atomic E-state index is 0.753. The lowest BCUT2D eigenvalue weighted by Gasteiger charge is -2.34. The van der Waals surface area contributed by atoms with E-state index in [1.807, 2.05) is 0 Å². The minimum absolute atomic E-state index is 0.753. The van der Waals surface area contributed by atoms with Crippen LogP contribution in [0, 0.1) is 5.92 Å². The van der Waals surface area contributed by atoms with Crippen molar-refractivity contribution in [3.8, 4) is 0 Å². The lowest BCUT2D eigenvalue weighted by Crippen LogP contribution is -2.43. The predicted molar refractivity (Wildman–Crippen MR) is 55.8 cm³/mol. The Kier molecular flexibility index (Phi) is 3.01. The van der Waals surface area contributed by atoms with Gasteiger partial charge in [0, 0.05) is 19.1 Å². The van der Waals surface area contributed by atoms with Crippen LogP contribution in [0.4, 0.5) is 0 Å². The van der Waals surface area contributed by atoms with E-state index in [1.54, 1.807) is 0 Å². The third kappa shape index (κ3) is 2.12. The van der Waals surface area contributed by atoms with Crippen molar-refractivity contribution in [2.45, 2.75) is 25.8 Å². The van der Waals surface area contributed by atoms with Crippen LogP contribution in [-0.4, -0.2) is 37.1 Å². The maximum atomic E-state index is 3.49. The van der Waals surface area contributed by atoms with Crippen LogP contribution in [0.2, 0.25) is 0 Å². The maximum absolute atomic E-state index is 3.49. The molecular weight excluding hydrogens is 160 g/mol. The highest BCUT2D eigenvalue weighted by Crippen LogP contribution is 2.20. The number of nitrogens with zero attached hydrogens (tertiary/aromatic N) is 1. The van der Waals surface area contributed by atoms with Crippen LogP contribution in [0.3, 0.4) is 0 Å². The Morgan fingerprint density at radius 2 is 2.15 bits per heavy atom. The molecule has 74 valence electrons. The normalized spacial score (nSPS) is 32.2. The molecule has 0 aromatic rings. The number of piperidine rings is 1. The highest BCUT2D eigenvalue weighted by molar-refractivity contribution is 4.98. The van der Waals surface area contributed by atoms with Gasteiger partial charge in [0.2, 0.25) is 0 Å². The van der Waals surface area contributed by atoms with Gasteiger partial charge in [0.1, 0.15) is 0 Å². The molecule has 0 spiro atoms. The molecule has 2 unspecified atom stereocenters. The van der Waals surface area contributed by atoms with Crippen molar-refractivity contribution >= 4 is 0 Å². The summed E-state index contributed by atoms with van der Waals surface area (Å²) < 4.78 is 0. The third-order valence-corrected chi connectivity index (χ3v) is 3.44. The van der Waals surface area contributed by atoms with Crippen LogP contribution < -0.4 is 5.32 Å². The fourth-order valence-corrected chi connectivity index (χ4v) is 2.42. The molecule has 1 saturated heterocycles. The molecule has 0 aromatic heterocycles. The predicted octanol–water partition coefficient (Wildman–Crippen LogP) is 1.25. The Hall–Kier alpha value is -0.340. The summed E-state index contributed by atoms with van der Waals surface area (Å²) in [5, 5.41) is 3.49. The van der Waals surface area contributed by atoms with E-state index in [-0.39, 0.29) is 0 Å². The first-order valence-corrected chi connectivity index (χ1v) is 5.47. The molecule has 0 aliphatic carbocycles. The minimum Gasteiger partial charge on any atom is -0.316 e. The Labute approximate surface area is 81.0 Å². The van der Waals surface area contributed by atoms with Crippen LogP contribution in [0.1, 0.15) is 19.8 Å². The monoisotopic (exact) mass is 180 g/mol. The first-order chi connectivity index (χ1) is 6.38. The highest BCUT2D eigenvalue weighted by atomic mass is 15.2. The zero-order chi connectivity index (χ0) is 9.10. The molecule has 2 atom stereocenters. The summed E-state index contributed by atoms with van der Waals surface area (Å²) in [6.07, 6.45) is 7.33. The van der Waals surface area contributed by atoms with Gasteiger partial charge in [0.25, 0.3) is 0 Å². The van der Waals surface area contributed by atoms with Crippen LogP contribution in [-0.2, 0) is 0 Å². The number of hydrogen-bond acceptors (Lipinski definition) is 2. The van der Waals surface area contributed by atoms with Crippen molar-refractivity contribution in [2.75, 3.05) is 26.2 Å². The molecule has 2 aliphatic heterocycles. The SMILES string of the molecule is CC(C1CCCNC1)N1CC=CC1. The topological polar surface area (TPSA) is 15.3 Å². The molecule has 0 amide bonds. The van der Waals surface area contributed by atoms with Crippen molar-refractivity contribution in [1.29, 1.82) is 0 Å². The summed E-state index contributed by atoms with van der Waals surface area (Å²) in [4.78, 5) is 2.57. The van der Waals surface area contributed by atoms with Gasteiger partial charge >= 0.3 is 0 Å². The first-order valence-electron chi connectivity index (χ1n) is 5.47. The van der Waals surface area contributed by atoms with Crippen LogP contribution in [0.25, 0.3) is 0 Å². The van der Waals surface area contributed by atoms with Crippen LogP contribution in [0.15, 0.2) is 12.2 Å². The molecule has 2 heteroatoms. The summed E-state index contributed by atoms with van der Waals surface area (Å²) in [6.45, 7) is 7.15. The number of hydrogen-bond donors (Lipinski definition) is 1. The van der Waals surface area contributed by atoms with E-state index in [9.17, 15) is 0 Å². The van der Waals surface area contributed by atoms with E-state index in [0.29, 0.717) is 0 Å². The Morgan fingerprint density at radius 3 is 2.77 bits per heavy atom. The maximum Gasteiger partial charge on any atom is 0.0169 e. The molecule has 2 aliphatic rings. The average Bonchev–Trinajstić information content (AvgIpc) is 2.71. The second-order valence-electron chi connectivity index (χ2n) is 4.27. The van der Waals surface area contributed by atoms with Crippen molar-refractivity contribution < 1.29 is 0 Å². The van der Waals surface area contributed by atoms with E-state index in [0.717, 1.165) is 25.0 Å². The molecule has 1 fully saturated rings. The molecule has 0 radical (unpaired) electrons. The molecule has 0 bridgehead atoms. The lowest BCUT2D eigenvalue weighted by molar-refractivity contribution is 0.171. The highest BCUT2D eigenvalue weighted by Gasteiger charge is 2.24. The van der Waals surface area contributed by atoms with Crippen molar-refractivity contribution in [3.63, 3.8) is 0 Å². The largest absolute Gasteiger partial charge is 0.316 e. The van der Waals surface area contributed by atoms with Crippen LogP contribution in [0.5, 0.6) is 0 Å². The summed E-state index contributed by atoms with van der Waals surface area (Å²) >= 11 is 0. The van der Waals surface area contributed by atoms with E-state index in [1.165, 1.54) is 25.9 Å². The lowest BCUT2D eigenvalue weighted by atomic mass is 9.92. The molecule has 13 heavy (non-hydrogen) atoms. The molecule has 0 aromatic carbocycles. The van der Waals surface area contributed by atoms with Gasteiger partial charge in [0.15, 0.2) is 0 Å². The zero-order valence-electron chi connectivity index (χ0n) is 8.50. The fraction of sp³-hybridized carbons (Fsp3) is 0.818. The van der Waals surface area contributed by atoms with Gasteiger partial charge in [-0.3, -0.25) is 4.90 Å². The molecule has 2 rings (SSSR count). The van der Waals surface area contributed by atoms with Gasteiger partial charge in [-0.1, -0.05) is 12.2 Å². The average molecular weight is 180 g/mol. The Balaban J connectivity index is 1.84. The fourth-order valence-electron chi connectivity index (χ4n) is 2.42. The van der Waals surface area contributed by atoms with Gasteiger partial charge in [-0.05, 0) is 38.8 Å². The standard InChI is InChI=1S/C11H20N2/c1-10(13-7-2-3-8-13)11-5-4-6-12-9-11/h2-3,10-12H,4-9H2,1H3. The van der Waals surface area contributed by atoms with E-state index < -0.39 is 0 Å². The van der Waals surface area contributed by atoms with Crippen molar-refractivity contribution in [2.24, 2.45) is 5.92 Å². The molecule has 0 saturated carbocycles. The number of nitrogens with one attached hydrogen (secondary N) is 1. The second-order valence-corrected chi connectivity index (χ2v) is 4.27. The van der Waals surface area contributed by atoms with Gasteiger partial charge in [-0.15, -0.1) is 0 Å². The van der Waals surface area contributed by atoms with Gasteiger partial charge < -0.3 is 5.32 Å². The van der Waals surface area contributed by atoms with Crippen molar-refractivity contribution in [3.05, 3.63) is 12.2 Å². The second kappa shape index (κ2) is 4.25. The Bertz CT molecular complexity index is 175. The summed E-state index contributed by atoms with van der Waals surface area (Å²) in [7, 11) is 0.